The van der Waals surface area contributed by atoms with E-state index in [0.29, 0.717) is 0 Å². The third-order valence-corrected chi connectivity index (χ3v) is 13.2. The number of rotatable bonds is 7. The summed E-state index contributed by atoms with van der Waals surface area (Å²) in [5.74, 6) is 0. The zero-order chi connectivity index (χ0) is 40.3. The number of benzene rings is 10. The molecule has 0 aliphatic heterocycles. The third kappa shape index (κ3) is 6.26. The van der Waals surface area contributed by atoms with Gasteiger partial charge in [0.25, 0.3) is 0 Å². The minimum atomic E-state index is 0.883. The molecule has 61 heavy (non-hydrogen) atoms. The normalized spacial score (nSPS) is 11.6. The Balaban J connectivity index is 0.955. The van der Waals surface area contributed by atoms with Crippen LogP contribution in [0.3, 0.4) is 0 Å². The molecule has 2 aromatic heterocycles. The van der Waals surface area contributed by atoms with E-state index in [0.717, 1.165) is 55.7 Å². The van der Waals surface area contributed by atoms with Crippen molar-refractivity contribution in [3.63, 3.8) is 0 Å². The van der Waals surface area contributed by atoms with E-state index in [-0.39, 0.29) is 0 Å². The fourth-order valence-corrected chi connectivity index (χ4v) is 10.1. The molecule has 0 N–H and O–H groups in total. The highest BCUT2D eigenvalue weighted by Gasteiger charge is 2.19. The predicted molar refractivity (Wildman–Crippen MR) is 261 cm³/mol. The molecule has 0 spiro atoms. The molecule has 0 atom stereocenters. The summed E-state index contributed by atoms with van der Waals surface area (Å²) in [5, 5.41) is 7.39. The summed E-state index contributed by atoms with van der Waals surface area (Å²) in [4.78, 5) is 2.39. The van der Waals surface area contributed by atoms with E-state index in [1.807, 2.05) is 23.5 Å². The third-order valence-electron chi connectivity index (χ3n) is 12.1. The first kappa shape index (κ1) is 35.2. The molecular formula is C58H37NOS. The van der Waals surface area contributed by atoms with E-state index in [4.69, 9.17) is 4.42 Å². The van der Waals surface area contributed by atoms with Gasteiger partial charge in [-0.2, -0.15) is 0 Å². The Morgan fingerprint density at radius 2 is 0.902 bits per heavy atom. The van der Waals surface area contributed by atoms with Gasteiger partial charge < -0.3 is 9.32 Å². The van der Waals surface area contributed by atoms with Crippen molar-refractivity contribution in [3.05, 3.63) is 224 Å². The quantitative estimate of drug-likeness (QED) is 0.160. The fraction of sp³-hybridized carbons (Fsp3) is 0. The summed E-state index contributed by atoms with van der Waals surface area (Å²) in [6, 6.07) is 81.3. The summed E-state index contributed by atoms with van der Waals surface area (Å²) < 4.78 is 9.02. The van der Waals surface area contributed by atoms with Crippen molar-refractivity contribution in [1.82, 2.24) is 0 Å². The summed E-state index contributed by atoms with van der Waals surface area (Å²) in [6.07, 6.45) is 0. The van der Waals surface area contributed by atoms with E-state index in [1.54, 1.807) is 0 Å². The first-order valence-electron chi connectivity index (χ1n) is 20.7. The molecule has 0 saturated carbocycles. The van der Waals surface area contributed by atoms with Gasteiger partial charge in [-0.15, -0.1) is 11.3 Å². The molecule has 0 amide bonds. The largest absolute Gasteiger partial charge is 0.456 e. The van der Waals surface area contributed by atoms with Crippen LogP contribution in [0, 0.1) is 0 Å². The highest BCUT2D eigenvalue weighted by Crippen LogP contribution is 2.44. The van der Waals surface area contributed by atoms with Crippen molar-refractivity contribution in [2.45, 2.75) is 0 Å². The standard InChI is InChI=1S/C58H37NOS/c1-2-11-42-34-44(25-24-38(42)10-1)40-22-20-39(21-23-40)43-12-9-13-48(35-43)59(47-30-26-41(27-31-47)45-28-33-53-52-16-5-8-19-57(52)61-58(53)37-45)54-17-6-3-14-49(54)46-29-32-51-50-15-4-7-18-55(50)60-56(51)36-46/h1-37H. The van der Waals surface area contributed by atoms with Crippen molar-refractivity contribution in [2.24, 2.45) is 0 Å². The second-order valence-corrected chi connectivity index (χ2v) is 16.8. The van der Waals surface area contributed by atoms with Crippen LogP contribution in [-0.4, -0.2) is 0 Å². The van der Waals surface area contributed by atoms with Crippen LogP contribution in [0.5, 0.6) is 0 Å². The van der Waals surface area contributed by atoms with Gasteiger partial charge in [-0.05, 0) is 116 Å². The molecule has 0 radical (unpaired) electrons. The maximum absolute atomic E-state index is 6.39. The molecule has 12 rings (SSSR count). The van der Waals surface area contributed by atoms with Gasteiger partial charge in [-0.3, -0.25) is 0 Å². The number of fused-ring (bicyclic) bond motifs is 7. The van der Waals surface area contributed by atoms with Crippen LogP contribution in [0.1, 0.15) is 0 Å². The molecule has 286 valence electrons. The molecule has 3 heteroatoms. The molecule has 2 heterocycles. The van der Waals surface area contributed by atoms with Gasteiger partial charge in [0.05, 0.1) is 5.69 Å². The lowest BCUT2D eigenvalue weighted by Crippen LogP contribution is -2.11. The van der Waals surface area contributed by atoms with E-state index in [9.17, 15) is 0 Å². The van der Waals surface area contributed by atoms with Crippen molar-refractivity contribution in [3.8, 4) is 44.5 Å². The number of hydrogen-bond acceptors (Lipinski definition) is 3. The number of anilines is 3. The van der Waals surface area contributed by atoms with Gasteiger partial charge in [0.2, 0.25) is 0 Å². The topological polar surface area (TPSA) is 16.4 Å². The van der Waals surface area contributed by atoms with Crippen LogP contribution in [-0.2, 0) is 0 Å². The van der Waals surface area contributed by atoms with Crippen molar-refractivity contribution in [2.75, 3.05) is 4.90 Å². The van der Waals surface area contributed by atoms with Gasteiger partial charge in [0.1, 0.15) is 11.2 Å². The lowest BCUT2D eigenvalue weighted by molar-refractivity contribution is 0.669. The van der Waals surface area contributed by atoms with E-state index < -0.39 is 0 Å². The minimum absolute atomic E-state index is 0.883. The summed E-state index contributed by atoms with van der Waals surface area (Å²) >= 11 is 1.86. The Bertz CT molecular complexity index is 3590. The molecule has 0 unspecified atom stereocenters. The van der Waals surface area contributed by atoms with E-state index in [2.05, 4.69) is 217 Å². The lowest BCUT2D eigenvalue weighted by atomic mass is 9.97. The van der Waals surface area contributed by atoms with Crippen LogP contribution < -0.4 is 4.90 Å². The molecule has 0 aliphatic carbocycles. The zero-order valence-electron chi connectivity index (χ0n) is 33.1. The molecule has 2 nitrogen and oxygen atoms in total. The van der Waals surface area contributed by atoms with Gasteiger partial charge in [0, 0.05) is 47.9 Å². The first-order valence-corrected chi connectivity index (χ1v) is 21.5. The van der Waals surface area contributed by atoms with E-state index in [1.165, 1.54) is 58.8 Å². The monoisotopic (exact) mass is 795 g/mol. The first-order chi connectivity index (χ1) is 30.2. The molecule has 0 fully saturated rings. The summed E-state index contributed by atoms with van der Waals surface area (Å²) in [6.45, 7) is 0. The maximum Gasteiger partial charge on any atom is 0.136 e. The second kappa shape index (κ2) is 14.5. The number of hydrogen-bond donors (Lipinski definition) is 0. The van der Waals surface area contributed by atoms with Crippen LogP contribution in [0.2, 0.25) is 0 Å². The Hall–Kier alpha value is -7.72. The molecule has 0 saturated heterocycles. The molecular weight excluding hydrogens is 759 g/mol. The predicted octanol–water partition coefficient (Wildman–Crippen LogP) is 17.2. The highest BCUT2D eigenvalue weighted by molar-refractivity contribution is 7.25. The molecule has 12 aromatic rings. The van der Waals surface area contributed by atoms with Crippen molar-refractivity contribution < 1.29 is 4.42 Å². The number of para-hydroxylation sites is 2. The lowest BCUT2D eigenvalue weighted by Gasteiger charge is -2.28. The number of thiophene rings is 1. The average Bonchev–Trinajstić information content (AvgIpc) is 3.90. The van der Waals surface area contributed by atoms with Gasteiger partial charge in [-0.25, -0.2) is 0 Å². The van der Waals surface area contributed by atoms with Crippen LogP contribution in [0.25, 0.3) is 97.4 Å². The van der Waals surface area contributed by atoms with Gasteiger partial charge in [-0.1, -0.05) is 158 Å². The van der Waals surface area contributed by atoms with Crippen LogP contribution in [0.4, 0.5) is 17.1 Å². The minimum Gasteiger partial charge on any atom is -0.456 e. The second-order valence-electron chi connectivity index (χ2n) is 15.7. The molecule has 0 aliphatic rings. The molecule has 10 aromatic carbocycles. The smallest absolute Gasteiger partial charge is 0.136 e. The van der Waals surface area contributed by atoms with Gasteiger partial charge in [0.15, 0.2) is 0 Å². The summed E-state index contributed by atoms with van der Waals surface area (Å²) in [7, 11) is 0. The Morgan fingerprint density at radius 3 is 1.75 bits per heavy atom. The van der Waals surface area contributed by atoms with E-state index >= 15 is 0 Å². The Kier molecular flexibility index (Phi) is 8.39. The number of nitrogens with zero attached hydrogens (tertiary/aromatic N) is 1. The molecule has 0 bridgehead atoms. The average molecular weight is 796 g/mol. The van der Waals surface area contributed by atoms with Gasteiger partial charge >= 0.3 is 0 Å². The SMILES string of the molecule is c1cc(-c2ccc(-c3ccc4ccccc4c3)cc2)cc(N(c2ccc(-c3ccc4c(c3)sc3ccccc34)cc2)c2ccccc2-c2ccc3c(c2)oc2ccccc23)c1. The summed E-state index contributed by atoms with van der Waals surface area (Å²) in [5.41, 5.74) is 14.4. The Morgan fingerprint density at radius 1 is 0.311 bits per heavy atom. The van der Waals surface area contributed by atoms with Crippen molar-refractivity contribution in [1.29, 1.82) is 0 Å². The number of furan rings is 1. The van der Waals surface area contributed by atoms with Crippen LogP contribution >= 0.6 is 11.3 Å². The maximum atomic E-state index is 6.39. The Labute approximate surface area is 357 Å². The highest BCUT2D eigenvalue weighted by atomic mass is 32.1. The van der Waals surface area contributed by atoms with Crippen molar-refractivity contribution >= 4 is 81.3 Å². The zero-order valence-corrected chi connectivity index (χ0v) is 33.9. The van der Waals surface area contributed by atoms with Crippen LogP contribution in [0.15, 0.2) is 229 Å². The fourth-order valence-electron chi connectivity index (χ4n) is 8.99.